The van der Waals surface area contributed by atoms with Crippen molar-refractivity contribution in [2.75, 3.05) is 24.6 Å². The van der Waals surface area contributed by atoms with Crippen LogP contribution in [0.15, 0.2) is 36.9 Å². The van der Waals surface area contributed by atoms with Gasteiger partial charge in [0.15, 0.2) is 0 Å². The van der Waals surface area contributed by atoms with Crippen molar-refractivity contribution in [3.8, 4) is 0 Å². The van der Waals surface area contributed by atoms with Crippen molar-refractivity contribution in [1.29, 1.82) is 0 Å². The van der Waals surface area contributed by atoms with E-state index in [-0.39, 0.29) is 12.6 Å². The fourth-order valence-corrected chi connectivity index (χ4v) is 1.75. The molecule has 16 heavy (non-hydrogen) atoms. The number of rotatable bonds is 6. The Hall–Kier alpha value is -1.32. The van der Waals surface area contributed by atoms with Gasteiger partial charge in [0.2, 0.25) is 0 Å². The molecular weight excluding hydrogens is 200 g/mol. The maximum absolute atomic E-state index is 9.05. The van der Waals surface area contributed by atoms with Crippen LogP contribution in [-0.4, -0.2) is 24.8 Å². The van der Waals surface area contributed by atoms with Gasteiger partial charge in [-0.3, -0.25) is 0 Å². The van der Waals surface area contributed by atoms with Gasteiger partial charge in [0.1, 0.15) is 0 Å². The zero-order chi connectivity index (χ0) is 12.0. The van der Waals surface area contributed by atoms with Crippen LogP contribution in [0.25, 0.3) is 0 Å². The van der Waals surface area contributed by atoms with Gasteiger partial charge in [-0.1, -0.05) is 24.3 Å². The number of aliphatic hydroxyl groups is 1. The summed E-state index contributed by atoms with van der Waals surface area (Å²) in [4.78, 5) is 2.08. The summed E-state index contributed by atoms with van der Waals surface area (Å²) < 4.78 is 0. The van der Waals surface area contributed by atoms with E-state index in [9.17, 15) is 0 Å². The summed E-state index contributed by atoms with van der Waals surface area (Å²) in [6, 6.07) is 8.00. The molecule has 0 saturated carbocycles. The number of hydrogen-bond acceptors (Lipinski definition) is 3. The lowest BCUT2D eigenvalue weighted by molar-refractivity contribution is 0.303. The average Bonchev–Trinajstić information content (AvgIpc) is 2.29. The van der Waals surface area contributed by atoms with E-state index in [1.54, 1.807) is 0 Å². The fraction of sp³-hybridized carbons (Fsp3) is 0.385. The highest BCUT2D eigenvalue weighted by molar-refractivity contribution is 5.55. The molecule has 0 spiro atoms. The van der Waals surface area contributed by atoms with Gasteiger partial charge in [0.05, 0.1) is 6.61 Å². The van der Waals surface area contributed by atoms with E-state index in [0.717, 1.165) is 11.3 Å². The zero-order valence-electron chi connectivity index (χ0n) is 9.76. The van der Waals surface area contributed by atoms with Crippen LogP contribution in [0.4, 0.5) is 5.69 Å². The smallest absolute Gasteiger partial charge is 0.0606 e. The molecule has 1 aromatic rings. The Labute approximate surface area is 97.2 Å². The van der Waals surface area contributed by atoms with Gasteiger partial charge in [0.25, 0.3) is 0 Å². The third-order valence-electron chi connectivity index (χ3n) is 2.49. The van der Waals surface area contributed by atoms with Crippen LogP contribution in [0.2, 0.25) is 0 Å². The van der Waals surface area contributed by atoms with Gasteiger partial charge in [-0.05, 0) is 18.6 Å². The molecule has 0 radical (unpaired) electrons. The number of nitrogens with two attached hydrogens (primary N) is 1. The van der Waals surface area contributed by atoms with Crippen molar-refractivity contribution in [2.45, 2.75) is 13.0 Å². The number of aliphatic hydroxyl groups excluding tert-OH is 1. The third kappa shape index (κ3) is 3.08. The van der Waals surface area contributed by atoms with Crippen molar-refractivity contribution in [3.05, 3.63) is 42.5 Å². The minimum absolute atomic E-state index is 0.0118. The molecule has 0 aliphatic rings. The molecule has 1 unspecified atom stereocenters. The monoisotopic (exact) mass is 220 g/mol. The normalized spacial score (nSPS) is 12.2. The molecular formula is C13H20N2O. The van der Waals surface area contributed by atoms with Gasteiger partial charge in [0, 0.05) is 24.8 Å². The molecule has 3 N–H and O–H groups in total. The summed E-state index contributed by atoms with van der Waals surface area (Å²) in [5.74, 6) is 0. The molecule has 1 atom stereocenters. The largest absolute Gasteiger partial charge is 0.395 e. The summed E-state index contributed by atoms with van der Waals surface area (Å²) in [7, 11) is 0. The molecule has 3 heteroatoms. The highest BCUT2D eigenvalue weighted by Gasteiger charge is 2.11. The van der Waals surface area contributed by atoms with E-state index in [1.807, 2.05) is 37.3 Å². The first-order valence-electron chi connectivity index (χ1n) is 5.52. The number of benzene rings is 1. The van der Waals surface area contributed by atoms with Gasteiger partial charge in [-0.15, -0.1) is 6.58 Å². The standard InChI is InChI=1S/C13H20N2O/c1-3-8-15(9-10-16)13-7-5-4-6-12(13)11(2)14/h3-7,11,16H,1,8-10,14H2,2H3. The van der Waals surface area contributed by atoms with Crippen LogP contribution in [-0.2, 0) is 0 Å². The summed E-state index contributed by atoms with van der Waals surface area (Å²) in [5, 5.41) is 9.05. The lowest BCUT2D eigenvalue weighted by atomic mass is 10.1. The quantitative estimate of drug-likeness (QED) is 0.717. The first kappa shape index (κ1) is 12.7. The zero-order valence-corrected chi connectivity index (χ0v) is 9.76. The predicted molar refractivity (Wildman–Crippen MR) is 68.5 cm³/mol. The lowest BCUT2D eigenvalue weighted by Crippen LogP contribution is -2.28. The van der Waals surface area contributed by atoms with Crippen molar-refractivity contribution < 1.29 is 5.11 Å². The van der Waals surface area contributed by atoms with Crippen LogP contribution < -0.4 is 10.6 Å². The molecule has 1 aromatic carbocycles. The number of nitrogens with zero attached hydrogens (tertiary/aromatic N) is 1. The minimum atomic E-state index is -0.0118. The van der Waals surface area contributed by atoms with E-state index in [2.05, 4.69) is 11.5 Å². The third-order valence-corrected chi connectivity index (χ3v) is 2.49. The minimum Gasteiger partial charge on any atom is -0.395 e. The predicted octanol–water partition coefficient (Wildman–Crippen LogP) is 1.69. The SMILES string of the molecule is C=CCN(CCO)c1ccccc1C(C)N. The molecule has 0 bridgehead atoms. The number of hydrogen-bond donors (Lipinski definition) is 2. The number of anilines is 1. The van der Waals surface area contributed by atoms with E-state index in [0.29, 0.717) is 13.1 Å². The van der Waals surface area contributed by atoms with Crippen LogP contribution >= 0.6 is 0 Å². The summed E-state index contributed by atoms with van der Waals surface area (Å²) in [5.41, 5.74) is 8.10. The molecule has 0 heterocycles. The Morgan fingerprint density at radius 3 is 2.75 bits per heavy atom. The Kier molecular flexibility index (Phi) is 5.02. The maximum Gasteiger partial charge on any atom is 0.0606 e. The van der Waals surface area contributed by atoms with Crippen LogP contribution in [0.1, 0.15) is 18.5 Å². The Bertz CT molecular complexity index is 336. The molecule has 0 fully saturated rings. The Morgan fingerprint density at radius 2 is 2.19 bits per heavy atom. The van der Waals surface area contributed by atoms with Crippen molar-refractivity contribution in [1.82, 2.24) is 0 Å². The second-order valence-electron chi connectivity index (χ2n) is 3.81. The second-order valence-corrected chi connectivity index (χ2v) is 3.81. The highest BCUT2D eigenvalue weighted by atomic mass is 16.3. The van der Waals surface area contributed by atoms with Gasteiger partial charge >= 0.3 is 0 Å². The fourth-order valence-electron chi connectivity index (χ4n) is 1.75. The van der Waals surface area contributed by atoms with Gasteiger partial charge in [-0.2, -0.15) is 0 Å². The lowest BCUT2D eigenvalue weighted by Gasteiger charge is -2.26. The van der Waals surface area contributed by atoms with E-state index in [4.69, 9.17) is 10.8 Å². The molecule has 0 aliphatic heterocycles. The first-order valence-corrected chi connectivity index (χ1v) is 5.52. The molecule has 0 amide bonds. The maximum atomic E-state index is 9.05. The Balaban J connectivity index is 3.01. The van der Waals surface area contributed by atoms with Crippen LogP contribution in [0, 0.1) is 0 Å². The van der Waals surface area contributed by atoms with Gasteiger partial charge in [-0.25, -0.2) is 0 Å². The van der Waals surface area contributed by atoms with E-state index >= 15 is 0 Å². The first-order chi connectivity index (χ1) is 7.70. The molecule has 88 valence electrons. The van der Waals surface area contributed by atoms with E-state index in [1.165, 1.54) is 0 Å². The molecule has 0 aromatic heterocycles. The highest BCUT2D eigenvalue weighted by Crippen LogP contribution is 2.24. The molecule has 1 rings (SSSR count). The summed E-state index contributed by atoms with van der Waals surface area (Å²) >= 11 is 0. The topological polar surface area (TPSA) is 49.5 Å². The van der Waals surface area contributed by atoms with E-state index < -0.39 is 0 Å². The Morgan fingerprint density at radius 1 is 1.50 bits per heavy atom. The van der Waals surface area contributed by atoms with Crippen molar-refractivity contribution >= 4 is 5.69 Å². The summed E-state index contributed by atoms with van der Waals surface area (Å²) in [6.07, 6.45) is 1.83. The molecule has 3 nitrogen and oxygen atoms in total. The number of para-hydroxylation sites is 1. The van der Waals surface area contributed by atoms with Crippen molar-refractivity contribution in [2.24, 2.45) is 5.73 Å². The van der Waals surface area contributed by atoms with Crippen LogP contribution in [0.3, 0.4) is 0 Å². The second kappa shape index (κ2) is 6.30. The summed E-state index contributed by atoms with van der Waals surface area (Å²) in [6.45, 7) is 7.12. The molecule has 0 saturated heterocycles. The van der Waals surface area contributed by atoms with Crippen molar-refractivity contribution in [3.63, 3.8) is 0 Å². The van der Waals surface area contributed by atoms with Crippen LogP contribution in [0.5, 0.6) is 0 Å². The van der Waals surface area contributed by atoms with Gasteiger partial charge < -0.3 is 15.7 Å². The molecule has 0 aliphatic carbocycles. The average molecular weight is 220 g/mol.